The second kappa shape index (κ2) is 12.4. The van der Waals surface area contributed by atoms with E-state index in [1.54, 1.807) is 0 Å². The van der Waals surface area contributed by atoms with Crippen LogP contribution in [0.1, 0.15) is 0 Å². The summed E-state index contributed by atoms with van der Waals surface area (Å²) in [5.74, 6) is 2.50. The summed E-state index contributed by atoms with van der Waals surface area (Å²) >= 11 is 0. The average molecular weight is 754 g/mol. The van der Waals surface area contributed by atoms with Gasteiger partial charge in [0.2, 0.25) is 0 Å². The lowest BCUT2D eigenvalue weighted by molar-refractivity contribution is 0.480. The molecule has 9 aromatic carbocycles. The van der Waals surface area contributed by atoms with Crippen LogP contribution in [-0.2, 0) is 0 Å². The zero-order valence-corrected chi connectivity index (χ0v) is 31.7. The minimum absolute atomic E-state index is 0.294. The van der Waals surface area contributed by atoms with Gasteiger partial charge in [-0.2, -0.15) is 0 Å². The van der Waals surface area contributed by atoms with Gasteiger partial charge < -0.3 is 18.4 Å². The van der Waals surface area contributed by atoms with Crippen LogP contribution in [0.3, 0.4) is 0 Å². The summed E-state index contributed by atoms with van der Waals surface area (Å²) in [6, 6.07) is 68.9. The molecule has 274 valence electrons. The Balaban J connectivity index is 0.906. The lowest BCUT2D eigenvalue weighted by Crippen LogP contribution is -2.53. The maximum Gasteiger partial charge on any atom is 0.434 e. The van der Waals surface area contributed by atoms with Gasteiger partial charge in [0.15, 0.2) is 0 Å². The Morgan fingerprint density at radius 2 is 1.03 bits per heavy atom. The van der Waals surface area contributed by atoms with Crippen molar-refractivity contribution in [1.29, 1.82) is 0 Å². The van der Waals surface area contributed by atoms with E-state index in [-0.39, 0.29) is 6.92 Å². The first kappa shape index (κ1) is 32.3. The number of hydrogen-bond acceptors (Lipinski definition) is 3. The fraction of sp³-hybridized carbons (Fsp3) is 0. The van der Waals surface area contributed by atoms with E-state index in [0.717, 1.165) is 100 Å². The van der Waals surface area contributed by atoms with Crippen LogP contribution in [0.5, 0.6) is 17.2 Å². The molecule has 11 aromatic rings. The van der Waals surface area contributed by atoms with Crippen molar-refractivity contribution in [1.82, 2.24) is 4.57 Å². The van der Waals surface area contributed by atoms with Crippen molar-refractivity contribution >= 4 is 61.6 Å². The van der Waals surface area contributed by atoms with Crippen LogP contribution in [0.2, 0.25) is 0 Å². The fourth-order valence-corrected chi connectivity index (χ4v) is 9.59. The van der Waals surface area contributed by atoms with Crippen molar-refractivity contribution in [2.24, 2.45) is 0 Å². The molecule has 59 heavy (non-hydrogen) atoms. The quantitative estimate of drug-likeness (QED) is 0.168. The van der Waals surface area contributed by atoms with E-state index < -0.39 is 0 Å². The SMILES string of the molecule is c1cc(-c2cc3c4c(c2)-c2ccccc2OB4c2ccc(-c4ccc(-n5c6ccccc6c6ccccc65)cc4)cc2O3)cc(-c2cccc3oc4ccccc4c23)c1. The first-order chi connectivity index (χ1) is 29.2. The fourth-order valence-electron chi connectivity index (χ4n) is 9.59. The van der Waals surface area contributed by atoms with Crippen LogP contribution in [-0.4, -0.2) is 11.5 Å². The maximum atomic E-state index is 6.96. The molecule has 0 atom stereocenters. The summed E-state index contributed by atoms with van der Waals surface area (Å²) in [6.07, 6.45) is 0. The van der Waals surface area contributed by atoms with Crippen molar-refractivity contribution in [2.75, 3.05) is 0 Å². The van der Waals surface area contributed by atoms with Crippen LogP contribution < -0.4 is 20.3 Å². The van der Waals surface area contributed by atoms with E-state index in [2.05, 4.69) is 180 Å². The largest absolute Gasteiger partial charge is 0.551 e. The summed E-state index contributed by atoms with van der Waals surface area (Å²) in [5.41, 5.74) is 16.3. The molecule has 5 heteroatoms. The smallest absolute Gasteiger partial charge is 0.434 e. The zero-order chi connectivity index (χ0) is 38.6. The minimum Gasteiger partial charge on any atom is -0.551 e. The molecule has 2 aliphatic rings. The van der Waals surface area contributed by atoms with Crippen LogP contribution in [0.25, 0.3) is 93.9 Å². The normalized spacial score (nSPS) is 12.6. The monoisotopic (exact) mass is 753 g/mol. The summed E-state index contributed by atoms with van der Waals surface area (Å²) in [7, 11) is 0. The molecule has 0 spiro atoms. The van der Waals surface area contributed by atoms with Gasteiger partial charge in [0.05, 0.1) is 11.0 Å². The van der Waals surface area contributed by atoms with Crippen molar-refractivity contribution in [3.63, 3.8) is 0 Å². The number of fused-ring (bicyclic) bond motifs is 10. The highest BCUT2D eigenvalue weighted by molar-refractivity contribution is 6.84. The van der Waals surface area contributed by atoms with Gasteiger partial charge in [-0.3, -0.25) is 0 Å². The molecule has 2 aromatic heterocycles. The van der Waals surface area contributed by atoms with Gasteiger partial charge in [-0.15, -0.1) is 0 Å². The van der Waals surface area contributed by atoms with Crippen molar-refractivity contribution in [3.8, 4) is 67.4 Å². The van der Waals surface area contributed by atoms with Gasteiger partial charge in [0, 0.05) is 43.7 Å². The summed E-state index contributed by atoms with van der Waals surface area (Å²) in [5, 5.41) is 4.76. The lowest BCUT2D eigenvalue weighted by atomic mass is 9.50. The third-order valence-electron chi connectivity index (χ3n) is 12.3. The Morgan fingerprint density at radius 1 is 0.390 bits per heavy atom. The topological polar surface area (TPSA) is 36.5 Å². The maximum absolute atomic E-state index is 6.96. The highest BCUT2D eigenvalue weighted by atomic mass is 16.5. The van der Waals surface area contributed by atoms with Gasteiger partial charge in [-0.05, 0) is 106 Å². The Bertz CT molecular complexity index is 3470. The molecule has 0 saturated heterocycles. The van der Waals surface area contributed by atoms with E-state index in [4.69, 9.17) is 13.8 Å². The Labute approximate surface area is 340 Å². The third kappa shape index (κ3) is 4.85. The van der Waals surface area contributed by atoms with Gasteiger partial charge in [-0.1, -0.05) is 127 Å². The van der Waals surface area contributed by atoms with E-state index in [0.29, 0.717) is 0 Å². The molecule has 0 aliphatic carbocycles. The van der Waals surface area contributed by atoms with E-state index in [9.17, 15) is 0 Å². The molecular formula is C54H32BNO3. The number of nitrogens with zero attached hydrogens (tertiary/aromatic N) is 1. The van der Waals surface area contributed by atoms with Gasteiger partial charge >= 0.3 is 6.92 Å². The van der Waals surface area contributed by atoms with Crippen molar-refractivity contribution < 1.29 is 13.8 Å². The molecule has 0 unspecified atom stereocenters. The molecule has 0 bridgehead atoms. The van der Waals surface area contributed by atoms with Crippen molar-refractivity contribution in [3.05, 3.63) is 194 Å². The predicted octanol–water partition coefficient (Wildman–Crippen LogP) is 13.0. The summed E-state index contributed by atoms with van der Waals surface area (Å²) in [4.78, 5) is 0. The molecule has 0 radical (unpaired) electrons. The minimum atomic E-state index is -0.294. The molecule has 4 nitrogen and oxygen atoms in total. The molecule has 0 saturated carbocycles. The first-order valence-corrected chi connectivity index (χ1v) is 20.1. The molecule has 4 heterocycles. The van der Waals surface area contributed by atoms with Crippen LogP contribution >= 0.6 is 0 Å². The molecule has 0 amide bonds. The number of benzene rings is 9. The number of aromatic nitrogens is 1. The number of rotatable bonds is 4. The Morgan fingerprint density at radius 3 is 1.88 bits per heavy atom. The number of furan rings is 1. The molecule has 13 rings (SSSR count). The van der Waals surface area contributed by atoms with E-state index in [1.807, 2.05) is 18.2 Å². The number of hydrogen-bond donors (Lipinski definition) is 0. The van der Waals surface area contributed by atoms with Gasteiger partial charge in [0.25, 0.3) is 0 Å². The standard InChI is InChI=1S/C54H32BNO3/c1-5-18-46-40(13-1)41-14-2-6-19-47(41)56(46)38-26-23-33(24-27-38)35-25-28-45-51(31-35)58-52-32-37(30-44-42-15-3-8-21-49(42)59-55(45)54(44)52)34-11-9-12-36(29-34)39-17-10-22-50-53(39)43-16-4-7-20-48(43)57-50/h1-32H. The molecular weight excluding hydrogens is 721 g/mol. The molecule has 0 fully saturated rings. The second-order valence-corrected chi connectivity index (χ2v) is 15.6. The Kier molecular flexibility index (Phi) is 6.78. The van der Waals surface area contributed by atoms with Crippen LogP contribution in [0, 0.1) is 0 Å². The Hall–Kier alpha value is -7.76. The highest BCUT2D eigenvalue weighted by Gasteiger charge is 2.41. The van der Waals surface area contributed by atoms with E-state index >= 15 is 0 Å². The number of ether oxygens (including phenoxy) is 1. The summed E-state index contributed by atoms with van der Waals surface area (Å²) < 4.78 is 22.4. The first-order valence-electron chi connectivity index (χ1n) is 20.1. The average Bonchev–Trinajstić information content (AvgIpc) is 3.85. The second-order valence-electron chi connectivity index (χ2n) is 15.6. The van der Waals surface area contributed by atoms with Crippen LogP contribution in [0.15, 0.2) is 199 Å². The predicted molar refractivity (Wildman–Crippen MR) is 242 cm³/mol. The van der Waals surface area contributed by atoms with Gasteiger partial charge in [0.1, 0.15) is 28.4 Å². The third-order valence-corrected chi connectivity index (χ3v) is 12.3. The highest BCUT2D eigenvalue weighted by Crippen LogP contribution is 2.44. The van der Waals surface area contributed by atoms with Crippen molar-refractivity contribution in [2.45, 2.75) is 0 Å². The number of para-hydroxylation sites is 4. The molecule has 0 N–H and O–H groups in total. The molecule has 2 aliphatic heterocycles. The lowest BCUT2D eigenvalue weighted by Gasteiger charge is -2.33. The summed E-state index contributed by atoms with van der Waals surface area (Å²) in [6.45, 7) is -0.294. The van der Waals surface area contributed by atoms with Gasteiger partial charge in [-0.25, -0.2) is 0 Å². The zero-order valence-electron chi connectivity index (χ0n) is 31.7. The van der Waals surface area contributed by atoms with Crippen LogP contribution in [0.4, 0.5) is 0 Å². The van der Waals surface area contributed by atoms with E-state index in [1.165, 1.54) is 21.8 Å².